The number of carbonyl (C=O) groups is 1. The number of halogens is 1. The van der Waals surface area contributed by atoms with Gasteiger partial charge in [0.15, 0.2) is 0 Å². The zero-order chi connectivity index (χ0) is 17.9. The molecular weight excluding hydrogens is 366 g/mol. The van der Waals surface area contributed by atoms with Crippen molar-refractivity contribution in [2.24, 2.45) is 0 Å². The lowest BCUT2D eigenvalue weighted by Crippen LogP contribution is -2.41. The topological polar surface area (TPSA) is 79.0 Å². The SMILES string of the molecule is O=C(CN1CCOCC1)Nc1cc(S(=O)(=O)N2CCCC2)ccc1Cl. The summed E-state index contributed by atoms with van der Waals surface area (Å²) in [5.74, 6) is -0.223. The number of nitrogens with one attached hydrogen (secondary N) is 1. The molecule has 138 valence electrons. The van der Waals surface area contributed by atoms with E-state index in [9.17, 15) is 13.2 Å². The van der Waals surface area contributed by atoms with E-state index < -0.39 is 10.0 Å². The highest BCUT2D eigenvalue weighted by atomic mass is 35.5. The maximum Gasteiger partial charge on any atom is 0.243 e. The third kappa shape index (κ3) is 4.51. The van der Waals surface area contributed by atoms with E-state index in [4.69, 9.17) is 16.3 Å². The van der Waals surface area contributed by atoms with E-state index >= 15 is 0 Å². The zero-order valence-electron chi connectivity index (χ0n) is 13.9. The van der Waals surface area contributed by atoms with Crippen LogP contribution in [0.15, 0.2) is 23.1 Å². The lowest BCUT2D eigenvalue weighted by Gasteiger charge is -2.25. The minimum atomic E-state index is -3.54. The van der Waals surface area contributed by atoms with Crippen molar-refractivity contribution in [1.82, 2.24) is 9.21 Å². The van der Waals surface area contributed by atoms with Gasteiger partial charge in [-0.3, -0.25) is 9.69 Å². The molecule has 0 aliphatic carbocycles. The van der Waals surface area contributed by atoms with Crippen LogP contribution in [0, 0.1) is 0 Å². The first-order chi connectivity index (χ1) is 12.0. The second-order valence-electron chi connectivity index (χ2n) is 6.19. The summed E-state index contributed by atoms with van der Waals surface area (Å²) in [5.41, 5.74) is 0.320. The predicted octanol–water partition coefficient (Wildman–Crippen LogP) is 1.40. The summed E-state index contributed by atoms with van der Waals surface area (Å²) in [5, 5.41) is 3.04. The quantitative estimate of drug-likeness (QED) is 0.826. The number of morpholine rings is 1. The molecule has 0 unspecified atom stereocenters. The molecule has 0 spiro atoms. The average molecular weight is 388 g/mol. The summed E-state index contributed by atoms with van der Waals surface area (Å²) in [6, 6.07) is 4.43. The number of anilines is 1. The highest BCUT2D eigenvalue weighted by Gasteiger charge is 2.28. The largest absolute Gasteiger partial charge is 0.379 e. The van der Waals surface area contributed by atoms with Crippen LogP contribution >= 0.6 is 11.6 Å². The molecular formula is C16H22ClN3O4S. The molecule has 0 saturated carbocycles. The van der Waals surface area contributed by atoms with Gasteiger partial charge in [0.1, 0.15) is 0 Å². The van der Waals surface area contributed by atoms with Crippen LogP contribution in [0.4, 0.5) is 5.69 Å². The first-order valence-electron chi connectivity index (χ1n) is 8.36. The van der Waals surface area contributed by atoms with Gasteiger partial charge in [-0.2, -0.15) is 4.31 Å². The van der Waals surface area contributed by atoms with E-state index in [2.05, 4.69) is 5.32 Å². The summed E-state index contributed by atoms with van der Waals surface area (Å²) >= 11 is 6.14. The number of benzene rings is 1. The van der Waals surface area contributed by atoms with Gasteiger partial charge in [-0.25, -0.2) is 8.42 Å². The van der Waals surface area contributed by atoms with Crippen LogP contribution in [0.1, 0.15) is 12.8 Å². The number of amides is 1. The van der Waals surface area contributed by atoms with Gasteiger partial charge in [-0.1, -0.05) is 11.6 Å². The Kier molecular flexibility index (Phi) is 5.96. The van der Waals surface area contributed by atoms with Crippen molar-refractivity contribution in [2.45, 2.75) is 17.7 Å². The van der Waals surface area contributed by atoms with Crippen molar-refractivity contribution in [3.05, 3.63) is 23.2 Å². The molecule has 2 heterocycles. The molecule has 1 N–H and O–H groups in total. The van der Waals surface area contributed by atoms with Crippen LogP contribution in [0.3, 0.4) is 0 Å². The molecule has 0 bridgehead atoms. The average Bonchev–Trinajstić information content (AvgIpc) is 3.13. The van der Waals surface area contributed by atoms with Crippen LogP contribution in [0.2, 0.25) is 5.02 Å². The molecule has 2 fully saturated rings. The van der Waals surface area contributed by atoms with Gasteiger partial charge in [-0.15, -0.1) is 0 Å². The Hall–Kier alpha value is -1.19. The number of carbonyl (C=O) groups excluding carboxylic acids is 1. The standard InChI is InChI=1S/C16H22ClN3O4S/c17-14-4-3-13(25(22,23)20-5-1-2-6-20)11-15(14)18-16(21)12-19-7-9-24-10-8-19/h3-4,11H,1-2,5-10,12H2,(H,18,21). The van der Waals surface area contributed by atoms with E-state index in [1.807, 2.05) is 4.90 Å². The first kappa shape index (κ1) is 18.6. The fraction of sp³-hybridized carbons (Fsp3) is 0.562. The van der Waals surface area contributed by atoms with Gasteiger partial charge in [-0.05, 0) is 31.0 Å². The monoisotopic (exact) mass is 387 g/mol. The van der Waals surface area contributed by atoms with Crippen LogP contribution in [-0.2, 0) is 19.6 Å². The smallest absolute Gasteiger partial charge is 0.243 e. The van der Waals surface area contributed by atoms with Gasteiger partial charge in [0.05, 0.1) is 35.4 Å². The summed E-state index contributed by atoms with van der Waals surface area (Å²) < 4.78 is 32.0. The third-order valence-electron chi connectivity index (χ3n) is 4.39. The van der Waals surface area contributed by atoms with Gasteiger partial charge < -0.3 is 10.1 Å². The summed E-state index contributed by atoms with van der Waals surface area (Å²) in [6.45, 7) is 3.90. The number of hydrogen-bond acceptors (Lipinski definition) is 5. The van der Waals surface area contributed by atoms with Crippen molar-refractivity contribution in [3.8, 4) is 0 Å². The maximum absolute atomic E-state index is 12.6. The number of nitrogens with zero attached hydrogens (tertiary/aromatic N) is 2. The van der Waals surface area contributed by atoms with E-state index in [0.717, 1.165) is 12.8 Å². The van der Waals surface area contributed by atoms with Crippen LogP contribution in [0.25, 0.3) is 0 Å². The second kappa shape index (κ2) is 8.01. The fourth-order valence-corrected chi connectivity index (χ4v) is 4.70. The van der Waals surface area contributed by atoms with Gasteiger partial charge in [0.25, 0.3) is 0 Å². The molecule has 2 aliphatic heterocycles. The van der Waals surface area contributed by atoms with Crippen molar-refractivity contribution in [2.75, 3.05) is 51.3 Å². The predicted molar refractivity (Wildman–Crippen MR) is 95.3 cm³/mol. The minimum absolute atomic E-state index is 0.153. The Labute approximate surface area is 152 Å². The molecule has 7 nitrogen and oxygen atoms in total. The normalized spacial score (nSPS) is 19.9. The summed E-state index contributed by atoms with van der Waals surface area (Å²) in [7, 11) is -3.54. The molecule has 2 aliphatic rings. The highest BCUT2D eigenvalue weighted by Crippen LogP contribution is 2.28. The van der Waals surface area contributed by atoms with Gasteiger partial charge in [0.2, 0.25) is 15.9 Å². The molecule has 2 saturated heterocycles. The zero-order valence-corrected chi connectivity index (χ0v) is 15.5. The first-order valence-corrected chi connectivity index (χ1v) is 10.2. The fourth-order valence-electron chi connectivity index (χ4n) is 2.99. The second-order valence-corrected chi connectivity index (χ2v) is 8.53. The molecule has 1 amide bonds. The number of sulfonamides is 1. The van der Waals surface area contributed by atoms with E-state index in [0.29, 0.717) is 50.1 Å². The Balaban J connectivity index is 1.71. The van der Waals surface area contributed by atoms with Crippen molar-refractivity contribution < 1.29 is 17.9 Å². The molecule has 0 aromatic heterocycles. The van der Waals surface area contributed by atoms with Gasteiger partial charge >= 0.3 is 0 Å². The lowest BCUT2D eigenvalue weighted by molar-refractivity contribution is -0.118. The molecule has 0 radical (unpaired) electrons. The Morgan fingerprint density at radius 2 is 1.84 bits per heavy atom. The third-order valence-corrected chi connectivity index (χ3v) is 6.61. The number of rotatable bonds is 5. The van der Waals surface area contributed by atoms with E-state index in [1.165, 1.54) is 22.5 Å². The Morgan fingerprint density at radius 3 is 2.52 bits per heavy atom. The van der Waals surface area contributed by atoms with Crippen LogP contribution in [-0.4, -0.2) is 69.5 Å². The van der Waals surface area contributed by atoms with Crippen LogP contribution in [0.5, 0.6) is 0 Å². The number of hydrogen-bond donors (Lipinski definition) is 1. The number of ether oxygens (including phenoxy) is 1. The Bertz CT molecular complexity index is 729. The molecule has 1 aromatic rings. The molecule has 3 rings (SSSR count). The molecule has 0 atom stereocenters. The maximum atomic E-state index is 12.6. The molecule has 25 heavy (non-hydrogen) atoms. The van der Waals surface area contributed by atoms with E-state index in [-0.39, 0.29) is 17.3 Å². The van der Waals surface area contributed by atoms with Crippen molar-refractivity contribution >= 4 is 33.2 Å². The van der Waals surface area contributed by atoms with Gasteiger partial charge in [0, 0.05) is 26.2 Å². The summed E-state index contributed by atoms with van der Waals surface area (Å²) in [4.78, 5) is 14.4. The van der Waals surface area contributed by atoms with Crippen LogP contribution < -0.4 is 5.32 Å². The Morgan fingerprint density at radius 1 is 1.16 bits per heavy atom. The molecule has 1 aromatic carbocycles. The minimum Gasteiger partial charge on any atom is -0.379 e. The lowest BCUT2D eigenvalue weighted by atomic mass is 10.3. The summed E-state index contributed by atoms with van der Waals surface area (Å²) in [6.07, 6.45) is 1.74. The van der Waals surface area contributed by atoms with Crippen molar-refractivity contribution in [3.63, 3.8) is 0 Å². The van der Waals surface area contributed by atoms with E-state index in [1.54, 1.807) is 0 Å². The van der Waals surface area contributed by atoms with Crippen molar-refractivity contribution in [1.29, 1.82) is 0 Å². The highest BCUT2D eigenvalue weighted by molar-refractivity contribution is 7.89. The molecule has 9 heteroatoms.